The van der Waals surface area contributed by atoms with Gasteiger partial charge in [0.05, 0.1) is 6.61 Å². The minimum absolute atomic E-state index is 0. The van der Waals surface area contributed by atoms with Gasteiger partial charge in [0.25, 0.3) is 0 Å². The van der Waals surface area contributed by atoms with E-state index >= 15 is 0 Å². The molecule has 39 heavy (non-hydrogen) atoms. The van der Waals surface area contributed by atoms with Gasteiger partial charge in [-0.25, -0.2) is 14.3 Å². The van der Waals surface area contributed by atoms with Gasteiger partial charge in [0.1, 0.15) is 19.7 Å². The van der Waals surface area contributed by atoms with Crippen LogP contribution in [-0.4, -0.2) is 48.2 Å². The van der Waals surface area contributed by atoms with Crippen LogP contribution in [-0.2, 0) is 27.4 Å². The van der Waals surface area contributed by atoms with E-state index < -0.39 is 6.09 Å². The lowest BCUT2D eigenvalue weighted by atomic mass is 10.0. The van der Waals surface area contributed by atoms with Crippen molar-refractivity contribution >= 4 is 23.8 Å². The molecule has 0 N–H and O–H groups in total. The molecule has 6 nitrogen and oxygen atoms in total. The molecular weight excluding hydrogens is 623 g/mol. The minimum atomic E-state index is -0.585. The maximum atomic E-state index is 12.4. The SMILES string of the molecule is CCCCCCCCCCCCCCCCOCCSCCOC(=O)N(Cc1cccc[n+]1CC)C(C)=O.[I-]. The molecule has 0 bridgehead atoms. The van der Waals surface area contributed by atoms with Gasteiger partial charge in [0, 0.05) is 37.2 Å². The molecular formula is C31H55IN2O4S. The summed E-state index contributed by atoms with van der Waals surface area (Å²) in [6.07, 6.45) is 20.5. The number of hydrogen-bond donors (Lipinski definition) is 0. The van der Waals surface area contributed by atoms with Gasteiger partial charge in [-0.3, -0.25) is 4.79 Å². The normalized spacial score (nSPS) is 10.7. The summed E-state index contributed by atoms with van der Waals surface area (Å²) in [6, 6.07) is 5.76. The van der Waals surface area contributed by atoms with Crippen molar-refractivity contribution < 1.29 is 47.6 Å². The second kappa shape index (κ2) is 27.3. The van der Waals surface area contributed by atoms with Gasteiger partial charge in [0.15, 0.2) is 6.20 Å². The summed E-state index contributed by atoms with van der Waals surface area (Å²) >= 11 is 1.70. The zero-order valence-corrected chi connectivity index (χ0v) is 27.9. The van der Waals surface area contributed by atoms with E-state index in [1.54, 1.807) is 11.8 Å². The van der Waals surface area contributed by atoms with Crippen molar-refractivity contribution in [2.45, 2.75) is 124 Å². The number of imide groups is 1. The molecule has 8 heteroatoms. The summed E-state index contributed by atoms with van der Waals surface area (Å²) in [6.45, 7) is 8.53. The summed E-state index contributed by atoms with van der Waals surface area (Å²) in [7, 11) is 0. The van der Waals surface area contributed by atoms with Crippen LogP contribution < -0.4 is 28.5 Å². The molecule has 226 valence electrons. The number of unbranched alkanes of at least 4 members (excludes halogenated alkanes) is 13. The predicted molar refractivity (Wildman–Crippen MR) is 158 cm³/mol. The minimum Gasteiger partial charge on any atom is -1.00 e. The Morgan fingerprint density at radius 3 is 1.92 bits per heavy atom. The van der Waals surface area contributed by atoms with Crippen molar-refractivity contribution in [2.75, 3.05) is 31.3 Å². The molecule has 0 unspecified atom stereocenters. The third kappa shape index (κ3) is 20.6. The number of aromatic nitrogens is 1. The zero-order valence-electron chi connectivity index (χ0n) is 25.0. The number of carbonyl (C=O) groups excluding carboxylic acids is 2. The van der Waals surface area contributed by atoms with Crippen LogP contribution in [0.2, 0.25) is 0 Å². The molecule has 0 aliphatic carbocycles. The first-order valence-corrected chi connectivity index (χ1v) is 16.3. The Morgan fingerprint density at radius 1 is 0.795 bits per heavy atom. The second-order valence-corrected chi connectivity index (χ2v) is 11.2. The van der Waals surface area contributed by atoms with Crippen molar-refractivity contribution in [3.05, 3.63) is 30.1 Å². The number of ether oxygens (including phenoxy) is 2. The van der Waals surface area contributed by atoms with Gasteiger partial charge in [-0.15, -0.1) is 0 Å². The smallest absolute Gasteiger partial charge is 0.417 e. The number of halogens is 1. The third-order valence-electron chi connectivity index (χ3n) is 6.76. The van der Waals surface area contributed by atoms with E-state index in [1.807, 2.05) is 35.9 Å². The topological polar surface area (TPSA) is 59.7 Å². The van der Waals surface area contributed by atoms with E-state index in [4.69, 9.17) is 9.47 Å². The van der Waals surface area contributed by atoms with E-state index in [1.165, 1.54) is 90.4 Å². The molecule has 0 aliphatic heterocycles. The molecule has 0 spiro atoms. The number of amides is 2. The second-order valence-electron chi connectivity index (χ2n) is 10.0. The number of thioether (sulfide) groups is 1. The van der Waals surface area contributed by atoms with Gasteiger partial charge in [-0.05, 0) is 13.3 Å². The van der Waals surface area contributed by atoms with Crippen LogP contribution in [0.5, 0.6) is 0 Å². The number of carbonyl (C=O) groups is 2. The Labute approximate surface area is 260 Å². The summed E-state index contributed by atoms with van der Waals surface area (Å²) in [5, 5.41) is 0. The monoisotopic (exact) mass is 678 g/mol. The molecule has 2 amide bonds. The molecule has 0 aliphatic rings. The maximum absolute atomic E-state index is 12.4. The first-order valence-electron chi connectivity index (χ1n) is 15.2. The molecule has 0 saturated carbocycles. The van der Waals surface area contributed by atoms with E-state index in [-0.39, 0.29) is 43.0 Å². The molecule has 1 rings (SSSR count). The highest BCUT2D eigenvalue weighted by Gasteiger charge is 2.23. The van der Waals surface area contributed by atoms with Crippen LogP contribution in [0.3, 0.4) is 0 Å². The van der Waals surface area contributed by atoms with Gasteiger partial charge >= 0.3 is 6.09 Å². The van der Waals surface area contributed by atoms with Gasteiger partial charge < -0.3 is 33.5 Å². The Bertz CT molecular complexity index is 738. The average Bonchev–Trinajstić information content (AvgIpc) is 2.92. The van der Waals surface area contributed by atoms with Gasteiger partial charge in [-0.1, -0.05) is 96.5 Å². The molecule has 0 saturated heterocycles. The lowest BCUT2D eigenvalue weighted by molar-refractivity contribution is -0.701. The van der Waals surface area contributed by atoms with Crippen LogP contribution in [0.1, 0.15) is 116 Å². The zero-order chi connectivity index (χ0) is 27.7. The number of aryl methyl sites for hydroxylation is 1. The van der Waals surface area contributed by atoms with Crippen molar-refractivity contribution in [3.8, 4) is 0 Å². The van der Waals surface area contributed by atoms with E-state index in [2.05, 4.69) is 6.92 Å². The highest BCUT2D eigenvalue weighted by Crippen LogP contribution is 2.13. The van der Waals surface area contributed by atoms with Gasteiger partial charge in [0.2, 0.25) is 11.6 Å². The molecule has 0 radical (unpaired) electrons. The van der Waals surface area contributed by atoms with Crippen LogP contribution in [0, 0.1) is 0 Å². The fourth-order valence-corrected chi connectivity index (χ4v) is 5.06. The number of pyridine rings is 1. The standard InChI is InChI=1S/C31H55N2O4S.HI/c1-4-6-7-8-9-10-11-12-13-14-15-16-17-20-23-36-24-26-38-27-25-37-31(35)33(29(3)34)28-30-21-18-19-22-32(30)5-2;/h18-19,21-22H,4-17,20,23-28H2,1-3H3;1H/q+1;/p-1. The van der Waals surface area contributed by atoms with Crippen molar-refractivity contribution in [1.29, 1.82) is 0 Å². The Kier molecular flexibility index (Phi) is 26.7. The first-order chi connectivity index (χ1) is 18.6. The highest BCUT2D eigenvalue weighted by molar-refractivity contribution is 7.99. The first kappa shape index (κ1) is 38.1. The Balaban J connectivity index is 0.0000144. The van der Waals surface area contributed by atoms with E-state index in [0.717, 1.165) is 42.5 Å². The molecule has 0 aromatic carbocycles. The maximum Gasteiger partial charge on any atom is 0.417 e. The summed E-state index contributed by atoms with van der Waals surface area (Å²) in [5.74, 6) is 1.26. The molecule has 1 aromatic rings. The Hall–Kier alpha value is -0.870. The van der Waals surface area contributed by atoms with Crippen molar-refractivity contribution in [1.82, 2.24) is 4.90 Å². The summed E-state index contributed by atoms with van der Waals surface area (Å²) < 4.78 is 13.1. The van der Waals surface area contributed by atoms with Gasteiger partial charge in [-0.2, -0.15) is 11.8 Å². The van der Waals surface area contributed by atoms with Crippen LogP contribution in [0.15, 0.2) is 24.4 Å². The molecule has 0 atom stereocenters. The number of hydrogen-bond acceptors (Lipinski definition) is 5. The quantitative estimate of drug-likeness (QED) is 0.0901. The van der Waals surface area contributed by atoms with Crippen molar-refractivity contribution in [3.63, 3.8) is 0 Å². The summed E-state index contributed by atoms with van der Waals surface area (Å²) in [4.78, 5) is 25.6. The Morgan fingerprint density at radius 2 is 1.36 bits per heavy atom. The fourth-order valence-electron chi connectivity index (χ4n) is 4.42. The van der Waals surface area contributed by atoms with Crippen LogP contribution >= 0.6 is 11.8 Å². The van der Waals surface area contributed by atoms with E-state index in [0.29, 0.717) is 5.75 Å². The molecule has 0 fully saturated rings. The number of rotatable bonds is 24. The predicted octanol–water partition coefficient (Wildman–Crippen LogP) is 4.71. The molecule has 1 heterocycles. The lowest BCUT2D eigenvalue weighted by Gasteiger charge is -2.17. The van der Waals surface area contributed by atoms with E-state index in [9.17, 15) is 9.59 Å². The lowest BCUT2D eigenvalue weighted by Crippen LogP contribution is -3.00. The van der Waals surface area contributed by atoms with Crippen LogP contribution in [0.25, 0.3) is 0 Å². The molecule has 1 aromatic heterocycles. The van der Waals surface area contributed by atoms with Crippen molar-refractivity contribution in [2.24, 2.45) is 0 Å². The van der Waals surface area contributed by atoms with Crippen LogP contribution in [0.4, 0.5) is 4.79 Å². The fraction of sp³-hybridized carbons (Fsp3) is 0.774. The highest BCUT2D eigenvalue weighted by atomic mass is 127. The third-order valence-corrected chi connectivity index (χ3v) is 7.67. The summed E-state index contributed by atoms with van der Waals surface area (Å²) in [5.41, 5.74) is 0.896. The largest absolute Gasteiger partial charge is 1.00 e. The average molecular weight is 679 g/mol. The number of nitrogens with zero attached hydrogens (tertiary/aromatic N) is 2.